The second-order valence-electron chi connectivity index (χ2n) is 3.20. The van der Waals surface area contributed by atoms with Crippen LogP contribution in [0.5, 0.6) is 0 Å². The molecule has 0 fully saturated rings. The molecule has 0 aliphatic carbocycles. The molecular formula is C11H14N2O2S. The lowest BCUT2D eigenvalue weighted by Crippen LogP contribution is -1.96. The number of hydrogen-bond acceptors (Lipinski definition) is 4. The van der Waals surface area contributed by atoms with Gasteiger partial charge in [0.25, 0.3) is 5.69 Å². The Morgan fingerprint density at radius 1 is 1.56 bits per heavy atom. The molecule has 0 bridgehead atoms. The Kier molecular flexibility index (Phi) is 4.85. The van der Waals surface area contributed by atoms with Crippen molar-refractivity contribution in [1.29, 1.82) is 0 Å². The minimum atomic E-state index is -0.387. The average Bonchev–Trinajstić information content (AvgIpc) is 2.29. The quantitative estimate of drug-likeness (QED) is 0.471. The van der Waals surface area contributed by atoms with E-state index in [4.69, 9.17) is 0 Å². The molecule has 4 nitrogen and oxygen atoms in total. The van der Waals surface area contributed by atoms with Gasteiger partial charge in [-0.25, -0.2) is 0 Å². The standard InChI is InChI=1S/C11H14N2O2S/c1-12-10-6-5-9(4-2-3-7-16)8-11(10)13(14)15/h2,4-6,8,12,16H,3,7H2,1H3. The molecule has 16 heavy (non-hydrogen) atoms. The Labute approximate surface area is 99.9 Å². The van der Waals surface area contributed by atoms with Gasteiger partial charge in [-0.3, -0.25) is 10.1 Å². The third kappa shape index (κ3) is 3.27. The molecule has 0 heterocycles. The molecule has 0 atom stereocenters. The Morgan fingerprint density at radius 2 is 2.31 bits per heavy atom. The van der Waals surface area contributed by atoms with Gasteiger partial charge in [0, 0.05) is 13.1 Å². The van der Waals surface area contributed by atoms with Crippen LogP contribution in [0.1, 0.15) is 12.0 Å². The van der Waals surface area contributed by atoms with Crippen LogP contribution in [0.2, 0.25) is 0 Å². The SMILES string of the molecule is CNc1ccc(C=CCCS)cc1[N+](=O)[O-]. The predicted octanol–water partition coefficient (Wildman–Crippen LogP) is 2.97. The van der Waals surface area contributed by atoms with Crippen LogP contribution >= 0.6 is 12.6 Å². The molecule has 0 aliphatic rings. The second-order valence-corrected chi connectivity index (χ2v) is 3.65. The largest absolute Gasteiger partial charge is 0.383 e. The van der Waals surface area contributed by atoms with Gasteiger partial charge < -0.3 is 5.32 Å². The number of nitrogens with one attached hydrogen (secondary N) is 1. The highest BCUT2D eigenvalue weighted by Gasteiger charge is 2.11. The fourth-order valence-electron chi connectivity index (χ4n) is 1.31. The minimum absolute atomic E-state index is 0.0931. The van der Waals surface area contributed by atoms with E-state index in [0.717, 1.165) is 17.7 Å². The van der Waals surface area contributed by atoms with Crippen LogP contribution in [-0.2, 0) is 0 Å². The summed E-state index contributed by atoms with van der Waals surface area (Å²) in [4.78, 5) is 10.4. The smallest absolute Gasteiger partial charge is 0.292 e. The predicted molar refractivity (Wildman–Crippen MR) is 70.1 cm³/mol. The van der Waals surface area contributed by atoms with Gasteiger partial charge in [-0.05, 0) is 23.8 Å². The Morgan fingerprint density at radius 3 is 2.88 bits per heavy atom. The fourth-order valence-corrected chi connectivity index (χ4v) is 1.46. The highest BCUT2D eigenvalue weighted by Crippen LogP contribution is 2.25. The Bertz CT molecular complexity index is 405. The van der Waals surface area contributed by atoms with Crippen molar-refractivity contribution in [2.24, 2.45) is 0 Å². The number of rotatable bonds is 5. The maximum absolute atomic E-state index is 10.8. The number of nitro groups is 1. The molecule has 86 valence electrons. The molecule has 1 aromatic carbocycles. The highest BCUT2D eigenvalue weighted by atomic mass is 32.1. The first-order valence-corrected chi connectivity index (χ1v) is 5.56. The van der Waals surface area contributed by atoms with Crippen LogP contribution in [-0.4, -0.2) is 17.7 Å². The normalized spacial score (nSPS) is 10.6. The summed E-state index contributed by atoms with van der Waals surface area (Å²) in [6.45, 7) is 0. The molecule has 1 rings (SSSR count). The van der Waals surface area contributed by atoms with Gasteiger partial charge in [0.05, 0.1) is 4.92 Å². The van der Waals surface area contributed by atoms with Crippen molar-refractivity contribution < 1.29 is 4.92 Å². The van der Waals surface area contributed by atoms with Gasteiger partial charge in [0.1, 0.15) is 5.69 Å². The molecule has 1 N–H and O–H groups in total. The van der Waals surface area contributed by atoms with E-state index in [-0.39, 0.29) is 10.6 Å². The van der Waals surface area contributed by atoms with Crippen molar-refractivity contribution in [3.63, 3.8) is 0 Å². The van der Waals surface area contributed by atoms with Gasteiger partial charge in [-0.15, -0.1) is 0 Å². The van der Waals surface area contributed by atoms with Crippen molar-refractivity contribution >= 4 is 30.1 Å². The minimum Gasteiger partial charge on any atom is -0.383 e. The molecule has 0 aromatic heterocycles. The van der Waals surface area contributed by atoms with Crippen molar-refractivity contribution in [3.8, 4) is 0 Å². The van der Waals surface area contributed by atoms with Crippen molar-refractivity contribution in [2.75, 3.05) is 18.1 Å². The third-order valence-corrected chi connectivity index (χ3v) is 2.35. The molecule has 0 saturated carbocycles. The summed E-state index contributed by atoms with van der Waals surface area (Å²) in [7, 11) is 1.67. The van der Waals surface area contributed by atoms with Crippen LogP contribution in [0.25, 0.3) is 6.08 Å². The van der Waals surface area contributed by atoms with E-state index < -0.39 is 0 Å². The summed E-state index contributed by atoms with van der Waals surface area (Å²) >= 11 is 4.08. The lowest BCUT2D eigenvalue weighted by Gasteiger charge is -2.02. The van der Waals surface area contributed by atoms with Crippen molar-refractivity contribution in [1.82, 2.24) is 0 Å². The Balaban J connectivity index is 2.98. The molecule has 1 aromatic rings. The zero-order valence-corrected chi connectivity index (χ0v) is 9.91. The first kappa shape index (κ1) is 12.6. The maximum Gasteiger partial charge on any atom is 0.292 e. The van der Waals surface area contributed by atoms with E-state index in [1.54, 1.807) is 19.2 Å². The summed E-state index contributed by atoms with van der Waals surface area (Å²) in [5, 5.41) is 13.6. The van der Waals surface area contributed by atoms with Crippen LogP contribution < -0.4 is 5.32 Å². The summed E-state index contributed by atoms with van der Waals surface area (Å²) in [6, 6.07) is 5.10. The summed E-state index contributed by atoms with van der Waals surface area (Å²) < 4.78 is 0. The number of thiol groups is 1. The van der Waals surface area contributed by atoms with E-state index in [1.165, 1.54) is 0 Å². The van der Waals surface area contributed by atoms with E-state index in [9.17, 15) is 10.1 Å². The average molecular weight is 238 g/mol. The molecule has 0 spiro atoms. The van der Waals surface area contributed by atoms with Gasteiger partial charge in [0.2, 0.25) is 0 Å². The summed E-state index contributed by atoms with van der Waals surface area (Å²) in [5.74, 6) is 0.771. The zero-order valence-electron chi connectivity index (χ0n) is 9.01. The molecule has 5 heteroatoms. The van der Waals surface area contributed by atoms with Gasteiger partial charge in [-0.2, -0.15) is 12.6 Å². The molecule has 0 saturated heterocycles. The number of hydrogen-bond donors (Lipinski definition) is 2. The molecule has 0 amide bonds. The number of benzene rings is 1. The van der Waals surface area contributed by atoms with Crippen LogP contribution in [0.15, 0.2) is 24.3 Å². The number of nitro benzene ring substituents is 1. The molecule has 0 unspecified atom stereocenters. The van der Waals surface area contributed by atoms with Gasteiger partial charge >= 0.3 is 0 Å². The highest BCUT2D eigenvalue weighted by molar-refractivity contribution is 7.80. The lowest BCUT2D eigenvalue weighted by molar-refractivity contribution is -0.383. The molecule has 0 aliphatic heterocycles. The van der Waals surface area contributed by atoms with E-state index in [2.05, 4.69) is 17.9 Å². The second kappa shape index (κ2) is 6.17. The van der Waals surface area contributed by atoms with Gasteiger partial charge in [-0.1, -0.05) is 18.2 Å². The number of allylic oxidation sites excluding steroid dienone is 1. The van der Waals surface area contributed by atoms with Crippen LogP contribution in [0, 0.1) is 10.1 Å². The first-order chi connectivity index (χ1) is 7.69. The van der Waals surface area contributed by atoms with E-state index >= 15 is 0 Å². The maximum atomic E-state index is 10.8. The summed E-state index contributed by atoms with van der Waals surface area (Å²) in [5.41, 5.74) is 1.44. The van der Waals surface area contributed by atoms with E-state index in [0.29, 0.717) is 5.69 Å². The number of nitrogens with zero attached hydrogens (tertiary/aromatic N) is 1. The van der Waals surface area contributed by atoms with E-state index in [1.807, 2.05) is 18.2 Å². The first-order valence-electron chi connectivity index (χ1n) is 4.92. The summed E-state index contributed by atoms with van der Waals surface area (Å²) in [6.07, 6.45) is 4.67. The molecule has 0 radical (unpaired) electrons. The van der Waals surface area contributed by atoms with Crippen LogP contribution in [0.3, 0.4) is 0 Å². The third-order valence-electron chi connectivity index (χ3n) is 2.09. The van der Waals surface area contributed by atoms with Crippen molar-refractivity contribution in [3.05, 3.63) is 40.0 Å². The number of anilines is 1. The topological polar surface area (TPSA) is 55.2 Å². The van der Waals surface area contributed by atoms with Crippen LogP contribution in [0.4, 0.5) is 11.4 Å². The van der Waals surface area contributed by atoms with Gasteiger partial charge in [0.15, 0.2) is 0 Å². The Hall–Kier alpha value is -1.49. The lowest BCUT2D eigenvalue weighted by atomic mass is 10.1. The zero-order chi connectivity index (χ0) is 12.0. The van der Waals surface area contributed by atoms with Crippen molar-refractivity contribution in [2.45, 2.75) is 6.42 Å². The monoisotopic (exact) mass is 238 g/mol. The fraction of sp³-hybridized carbons (Fsp3) is 0.273. The molecular weight excluding hydrogens is 224 g/mol.